The molecular weight excluding hydrogens is 671 g/mol. The number of hydrogen-bond donors (Lipinski definition) is 0. The molecule has 8 aromatic rings. The van der Waals surface area contributed by atoms with Gasteiger partial charge in [0.1, 0.15) is 0 Å². The van der Waals surface area contributed by atoms with E-state index in [4.69, 9.17) is 11.6 Å². The number of nitrogens with zero attached hydrogens (tertiary/aromatic N) is 2. The fourth-order valence-electron chi connectivity index (χ4n) is 8.50. The number of benzene rings is 6. The summed E-state index contributed by atoms with van der Waals surface area (Å²) in [5, 5.41) is 5.19. The second-order valence-corrected chi connectivity index (χ2v) is 20.6. The van der Waals surface area contributed by atoms with Crippen LogP contribution in [0.2, 0.25) is 0 Å². The molecule has 4 heteroatoms. The number of fused-ring (bicyclic) bond motifs is 8. The van der Waals surface area contributed by atoms with E-state index in [9.17, 15) is 0 Å². The van der Waals surface area contributed by atoms with E-state index < -0.39 is 21.8 Å². The Balaban J connectivity index is 1.23. The van der Waals surface area contributed by atoms with Crippen molar-refractivity contribution in [1.29, 1.82) is 0 Å². The number of allylic oxidation sites excluding steroid dienone is 2. The van der Waals surface area contributed by atoms with Crippen LogP contribution in [0.25, 0.3) is 67.2 Å². The van der Waals surface area contributed by atoms with Crippen LogP contribution in [0.3, 0.4) is 0 Å². The minimum atomic E-state index is -2.77. The third-order valence-electron chi connectivity index (χ3n) is 10.4. The normalized spacial score (nSPS) is 17.0. The topological polar surface area (TPSA) is 9.86 Å². The van der Waals surface area contributed by atoms with Gasteiger partial charge in [0.25, 0.3) is 0 Å². The van der Waals surface area contributed by atoms with Crippen LogP contribution in [-0.2, 0) is 21.8 Å². The molecule has 0 aliphatic heterocycles. The Morgan fingerprint density at radius 3 is 1.11 bits per heavy atom. The van der Waals surface area contributed by atoms with E-state index in [0.717, 1.165) is 0 Å². The Labute approximate surface area is 286 Å². The molecule has 2 unspecified atom stereocenters. The minimum absolute atomic E-state index is 0.276. The van der Waals surface area contributed by atoms with Gasteiger partial charge in [-0.05, 0) is 0 Å². The van der Waals surface area contributed by atoms with Crippen LogP contribution in [-0.4, -0.2) is 12.7 Å². The summed E-state index contributed by atoms with van der Waals surface area (Å²) in [5.74, 6) is 0. The fourth-order valence-corrected chi connectivity index (χ4v) is 18.1. The first-order chi connectivity index (χ1) is 23.3. The summed E-state index contributed by atoms with van der Waals surface area (Å²) in [5.41, 5.74) is 13.3. The van der Waals surface area contributed by atoms with Crippen LogP contribution in [0, 0.1) is 0 Å². The molecule has 6 aromatic carbocycles. The molecule has 0 amide bonds. The Bertz CT molecular complexity index is 2320. The van der Waals surface area contributed by atoms with Crippen molar-refractivity contribution in [2.75, 3.05) is 3.59 Å². The van der Waals surface area contributed by atoms with Crippen molar-refractivity contribution in [2.24, 2.45) is 0 Å². The van der Waals surface area contributed by atoms with Crippen LogP contribution in [0.1, 0.15) is 29.5 Å². The van der Waals surface area contributed by atoms with Gasteiger partial charge in [-0.3, -0.25) is 0 Å². The van der Waals surface area contributed by atoms with Crippen molar-refractivity contribution < 1.29 is 21.8 Å². The second-order valence-electron chi connectivity index (χ2n) is 12.7. The van der Waals surface area contributed by atoms with Gasteiger partial charge in [0.2, 0.25) is 0 Å². The Hall–Kier alpha value is -4.43. The zero-order valence-electron chi connectivity index (χ0n) is 25.6. The second kappa shape index (κ2) is 10.8. The number of rotatable bonds is 5. The molecule has 223 valence electrons. The number of para-hydroxylation sites is 4. The molecule has 10 rings (SSSR count). The van der Waals surface area contributed by atoms with Gasteiger partial charge < -0.3 is 0 Å². The van der Waals surface area contributed by atoms with Gasteiger partial charge in [-0.2, -0.15) is 0 Å². The zero-order chi connectivity index (χ0) is 31.1. The van der Waals surface area contributed by atoms with Crippen LogP contribution >= 0.6 is 11.6 Å². The van der Waals surface area contributed by atoms with Gasteiger partial charge in [0, 0.05) is 0 Å². The van der Waals surface area contributed by atoms with E-state index in [1.807, 2.05) is 0 Å². The molecule has 2 heterocycles. The molecule has 0 radical (unpaired) electrons. The molecule has 2 nitrogen and oxygen atoms in total. The van der Waals surface area contributed by atoms with E-state index >= 15 is 0 Å². The van der Waals surface area contributed by atoms with Crippen molar-refractivity contribution in [1.82, 2.24) is 9.13 Å². The van der Waals surface area contributed by atoms with Gasteiger partial charge in [0.05, 0.1) is 0 Å². The maximum atomic E-state index is 7.40. The van der Waals surface area contributed by atoms with Crippen molar-refractivity contribution >= 4 is 78.8 Å². The quantitative estimate of drug-likeness (QED) is 0.158. The summed E-state index contributed by atoms with van der Waals surface area (Å²) in [6.07, 6.45) is 4.94. The first-order valence-electron chi connectivity index (χ1n) is 16.3. The van der Waals surface area contributed by atoms with Crippen LogP contribution in [0.4, 0.5) is 0 Å². The van der Waals surface area contributed by atoms with Gasteiger partial charge in [-0.1, -0.05) is 0 Å². The molecule has 0 fully saturated rings. The van der Waals surface area contributed by atoms with Crippen molar-refractivity contribution in [2.45, 2.75) is 7.25 Å². The molecule has 0 N–H and O–H groups in total. The van der Waals surface area contributed by atoms with E-state index in [1.165, 1.54) is 77.3 Å². The average Bonchev–Trinajstić information content (AvgIpc) is 3.87. The molecule has 0 spiro atoms. The zero-order valence-corrected chi connectivity index (χ0v) is 28.9. The molecule has 2 aliphatic carbocycles. The van der Waals surface area contributed by atoms with E-state index in [-0.39, 0.29) is 7.25 Å². The number of aromatic nitrogens is 2. The number of halogens is 1. The first-order valence-corrected chi connectivity index (χ1v) is 21.4. The van der Waals surface area contributed by atoms with Gasteiger partial charge in [0.15, 0.2) is 0 Å². The molecule has 0 saturated carbocycles. The molecule has 2 aliphatic rings. The Morgan fingerprint density at radius 1 is 0.426 bits per heavy atom. The predicted octanol–water partition coefficient (Wildman–Crippen LogP) is 11.5. The monoisotopic (exact) mass is 699 g/mol. The predicted molar refractivity (Wildman–Crippen MR) is 196 cm³/mol. The van der Waals surface area contributed by atoms with E-state index in [0.29, 0.717) is 3.59 Å². The van der Waals surface area contributed by atoms with Crippen molar-refractivity contribution in [3.05, 3.63) is 168 Å². The fraction of sp³-hybridized carbons (Fsp3) is 0.0698. The summed E-state index contributed by atoms with van der Waals surface area (Å²) >= 11 is 4.63. The van der Waals surface area contributed by atoms with Crippen molar-refractivity contribution in [3.63, 3.8) is 0 Å². The summed E-state index contributed by atoms with van der Waals surface area (Å²) in [6, 6.07) is 53.7. The molecule has 2 aromatic heterocycles. The van der Waals surface area contributed by atoms with E-state index in [1.54, 1.807) is 0 Å². The van der Waals surface area contributed by atoms with Crippen LogP contribution in [0.15, 0.2) is 146 Å². The number of hydrogen-bond acceptors (Lipinski definition) is 0. The molecule has 47 heavy (non-hydrogen) atoms. The van der Waals surface area contributed by atoms with Crippen molar-refractivity contribution in [3.8, 4) is 0 Å². The van der Waals surface area contributed by atoms with Crippen LogP contribution < -0.4 is 0 Å². The molecular formula is C43H30ClN2Zr. The Morgan fingerprint density at radius 2 is 0.745 bits per heavy atom. The summed E-state index contributed by atoms with van der Waals surface area (Å²) in [6.45, 7) is 0. The first kappa shape index (κ1) is 27.7. The summed E-state index contributed by atoms with van der Waals surface area (Å²) in [7, 11) is 0. The molecule has 2 atom stereocenters. The summed E-state index contributed by atoms with van der Waals surface area (Å²) in [4.78, 5) is 0. The SMILES string of the molecule is Cl[CH2][Zr]([CH]1C(n2c3ccccc3c3ccccc32)=Cc2ccccc21)[CH]1C(n2c3ccccc3c3ccccc32)=Cc2ccccc21. The maximum absolute atomic E-state index is 7.40. The third-order valence-corrected chi connectivity index (χ3v) is 19.6. The van der Waals surface area contributed by atoms with Gasteiger partial charge >= 0.3 is 288 Å². The standard InChI is InChI=1S/2C21H14N.CH2Cl.Zr/c2*1-2-8-16-14-17(13-15(16)7-1)22-20-11-5-3-9-18(20)19-10-4-6-12-21(19)22;1-2;/h2*1-14H;1H2;. The van der Waals surface area contributed by atoms with E-state index in [2.05, 4.69) is 167 Å². The summed E-state index contributed by atoms with van der Waals surface area (Å²) < 4.78 is 6.39. The average molecular weight is 701 g/mol. The molecule has 0 saturated heterocycles. The third kappa shape index (κ3) is 4.00. The number of alkyl halides is 1. The van der Waals surface area contributed by atoms with Crippen LogP contribution in [0.5, 0.6) is 0 Å². The van der Waals surface area contributed by atoms with Gasteiger partial charge in [-0.15, -0.1) is 0 Å². The van der Waals surface area contributed by atoms with Gasteiger partial charge in [-0.25, -0.2) is 0 Å². The Kier molecular flexibility index (Phi) is 6.36. The molecule has 0 bridgehead atoms.